The predicted octanol–water partition coefficient (Wildman–Crippen LogP) is 13.2. The van der Waals surface area contributed by atoms with Gasteiger partial charge in [0, 0.05) is 25.9 Å². The van der Waals surface area contributed by atoms with Crippen LogP contribution in [0.5, 0.6) is 0 Å². The van der Waals surface area contributed by atoms with Gasteiger partial charge in [-0.25, -0.2) is 0 Å². The molecule has 0 spiro atoms. The highest BCUT2D eigenvalue weighted by atomic mass is 16.2. The first kappa shape index (κ1) is 51.0. The van der Waals surface area contributed by atoms with Gasteiger partial charge in [-0.1, -0.05) is 194 Å². The van der Waals surface area contributed by atoms with Crippen molar-refractivity contribution in [2.75, 3.05) is 59.9 Å². The minimum absolute atomic E-state index is 0.195. The standard InChI is InChI=1S/C50H99N4O2/c1-5-7-9-11-13-15-17-19-21-23-25-27-29-31-33-35-43-54(4,44-36-34-32-30-28-26-24-22-20-18-16-14-12-10-8-6-2)50(45-51-3,46-52-41-37-39-48(52)55)47-53-42-38-40-49(53)56/h51H,5-47H2,1-4H3/q+1. The van der Waals surface area contributed by atoms with E-state index in [-0.39, 0.29) is 5.54 Å². The van der Waals surface area contributed by atoms with Crippen LogP contribution in [0.1, 0.15) is 245 Å². The Hall–Kier alpha value is -1.14. The Morgan fingerprint density at radius 1 is 0.464 bits per heavy atom. The highest BCUT2D eigenvalue weighted by Gasteiger charge is 2.51. The zero-order valence-corrected chi connectivity index (χ0v) is 38.6. The summed E-state index contributed by atoms with van der Waals surface area (Å²) in [6.07, 6.45) is 47.9. The van der Waals surface area contributed by atoms with Crippen molar-refractivity contribution in [1.29, 1.82) is 0 Å². The third kappa shape index (κ3) is 22.3. The number of nitrogens with zero attached hydrogens (tertiary/aromatic N) is 3. The molecule has 0 aromatic heterocycles. The van der Waals surface area contributed by atoms with Gasteiger partial charge >= 0.3 is 0 Å². The van der Waals surface area contributed by atoms with E-state index in [1.54, 1.807) is 0 Å². The molecule has 330 valence electrons. The second-order valence-corrected chi connectivity index (χ2v) is 19.0. The Bertz CT molecular complexity index is 876. The van der Waals surface area contributed by atoms with Gasteiger partial charge in [-0.2, -0.15) is 0 Å². The third-order valence-corrected chi connectivity index (χ3v) is 14.0. The number of hydrogen-bond donors (Lipinski definition) is 1. The summed E-state index contributed by atoms with van der Waals surface area (Å²) in [5.41, 5.74) is -0.195. The number of hydrogen-bond acceptors (Lipinski definition) is 3. The summed E-state index contributed by atoms with van der Waals surface area (Å²) in [7, 11) is 4.59. The lowest BCUT2D eigenvalue weighted by Gasteiger charge is -2.54. The molecule has 0 aliphatic carbocycles. The minimum Gasteiger partial charge on any atom is -0.336 e. The smallest absolute Gasteiger partial charge is 0.222 e. The Balaban J connectivity index is 1.84. The maximum Gasteiger partial charge on any atom is 0.222 e. The van der Waals surface area contributed by atoms with Crippen molar-refractivity contribution in [1.82, 2.24) is 15.1 Å². The summed E-state index contributed by atoms with van der Waals surface area (Å²) in [6.45, 7) is 11.0. The van der Waals surface area contributed by atoms with Crippen LogP contribution in [0.3, 0.4) is 0 Å². The highest BCUT2D eigenvalue weighted by Crippen LogP contribution is 2.32. The fourth-order valence-corrected chi connectivity index (χ4v) is 10.1. The van der Waals surface area contributed by atoms with Crippen molar-refractivity contribution in [2.45, 2.75) is 251 Å². The van der Waals surface area contributed by atoms with Crippen LogP contribution in [-0.4, -0.2) is 91.5 Å². The van der Waals surface area contributed by atoms with Gasteiger partial charge in [-0.3, -0.25) is 9.59 Å². The largest absolute Gasteiger partial charge is 0.336 e. The van der Waals surface area contributed by atoms with E-state index in [1.807, 2.05) is 0 Å². The molecule has 2 aliphatic rings. The Morgan fingerprint density at radius 2 is 0.732 bits per heavy atom. The SMILES string of the molecule is CCCCCCCCCCCCCCCCCC[N+](C)(CCCCCCCCCCCCCCCCCC)C(CNC)(CN1CCCC1=O)CN1CCCC1=O. The van der Waals surface area contributed by atoms with Crippen LogP contribution in [0.2, 0.25) is 0 Å². The molecule has 2 amide bonds. The number of carbonyl (C=O) groups is 2. The van der Waals surface area contributed by atoms with Gasteiger partial charge in [-0.15, -0.1) is 0 Å². The number of rotatable bonds is 41. The fraction of sp³-hybridized carbons (Fsp3) is 0.960. The molecule has 2 aliphatic heterocycles. The molecular formula is C50H99N4O2+. The topological polar surface area (TPSA) is 52.7 Å². The number of quaternary nitrogens is 1. The number of likely N-dealkylation sites (tertiary alicyclic amines) is 2. The Labute approximate surface area is 350 Å². The first-order valence-corrected chi connectivity index (χ1v) is 25.5. The summed E-state index contributed by atoms with van der Waals surface area (Å²) < 4.78 is 0.971. The van der Waals surface area contributed by atoms with E-state index >= 15 is 0 Å². The van der Waals surface area contributed by atoms with Gasteiger partial charge in [0.25, 0.3) is 0 Å². The van der Waals surface area contributed by atoms with Gasteiger partial charge in [0.1, 0.15) is 5.54 Å². The average molecular weight is 788 g/mol. The summed E-state index contributed by atoms with van der Waals surface area (Å²) in [5.74, 6) is 0.629. The molecule has 2 heterocycles. The van der Waals surface area contributed by atoms with Crippen molar-refractivity contribution < 1.29 is 14.1 Å². The monoisotopic (exact) mass is 788 g/mol. The van der Waals surface area contributed by atoms with Gasteiger partial charge in [0.05, 0.1) is 39.8 Å². The normalized spacial score (nSPS) is 15.3. The minimum atomic E-state index is -0.195. The quantitative estimate of drug-likeness (QED) is 0.0496. The number of likely N-dealkylation sites (N-methyl/N-ethyl adjacent to an activating group) is 2. The molecule has 0 aromatic rings. The second kappa shape index (κ2) is 33.7. The zero-order valence-electron chi connectivity index (χ0n) is 38.6. The van der Waals surface area contributed by atoms with E-state index in [0.717, 1.165) is 63.1 Å². The summed E-state index contributed by atoms with van der Waals surface area (Å²) in [4.78, 5) is 30.6. The zero-order chi connectivity index (χ0) is 40.4. The predicted molar refractivity (Wildman–Crippen MR) is 243 cm³/mol. The fourth-order valence-electron chi connectivity index (χ4n) is 10.1. The molecule has 0 unspecified atom stereocenters. The van der Waals surface area contributed by atoms with E-state index < -0.39 is 0 Å². The van der Waals surface area contributed by atoms with Gasteiger partial charge in [0.15, 0.2) is 0 Å². The molecule has 2 rings (SSSR count). The van der Waals surface area contributed by atoms with Crippen LogP contribution in [-0.2, 0) is 9.59 Å². The van der Waals surface area contributed by atoms with Crippen molar-refractivity contribution in [3.8, 4) is 0 Å². The third-order valence-electron chi connectivity index (χ3n) is 14.0. The number of carbonyl (C=O) groups excluding carboxylic acids is 2. The van der Waals surface area contributed by atoms with E-state index in [0.29, 0.717) is 24.7 Å². The van der Waals surface area contributed by atoms with Crippen molar-refractivity contribution >= 4 is 11.8 Å². The van der Waals surface area contributed by atoms with Crippen LogP contribution in [0.25, 0.3) is 0 Å². The van der Waals surface area contributed by atoms with E-state index in [2.05, 4.69) is 43.1 Å². The Morgan fingerprint density at radius 3 is 0.964 bits per heavy atom. The van der Waals surface area contributed by atoms with Crippen molar-refractivity contribution in [3.63, 3.8) is 0 Å². The van der Waals surface area contributed by atoms with Crippen LogP contribution in [0.4, 0.5) is 0 Å². The number of unbranched alkanes of at least 4 members (excludes halogenated alkanes) is 30. The van der Waals surface area contributed by atoms with E-state index in [4.69, 9.17) is 0 Å². The highest BCUT2D eigenvalue weighted by molar-refractivity contribution is 5.79. The molecule has 2 saturated heterocycles. The molecule has 6 nitrogen and oxygen atoms in total. The van der Waals surface area contributed by atoms with Crippen LogP contribution in [0, 0.1) is 0 Å². The van der Waals surface area contributed by atoms with Gasteiger partial charge in [0.2, 0.25) is 11.8 Å². The molecular weight excluding hydrogens is 689 g/mol. The first-order chi connectivity index (χ1) is 27.4. The van der Waals surface area contributed by atoms with Crippen molar-refractivity contribution in [2.24, 2.45) is 0 Å². The second-order valence-electron chi connectivity index (χ2n) is 19.0. The lowest BCUT2D eigenvalue weighted by atomic mass is 9.90. The molecule has 2 fully saturated rings. The van der Waals surface area contributed by atoms with Crippen LogP contribution < -0.4 is 5.32 Å². The Kier molecular flexibility index (Phi) is 30.7. The summed E-state index contributed by atoms with van der Waals surface area (Å²) in [6, 6.07) is 0. The first-order valence-electron chi connectivity index (χ1n) is 25.5. The molecule has 0 aromatic carbocycles. The number of amides is 2. The van der Waals surface area contributed by atoms with Crippen LogP contribution >= 0.6 is 0 Å². The molecule has 0 saturated carbocycles. The molecule has 6 heteroatoms. The van der Waals surface area contributed by atoms with E-state index in [9.17, 15) is 9.59 Å². The average Bonchev–Trinajstić information content (AvgIpc) is 3.79. The maximum atomic E-state index is 13.1. The molecule has 0 atom stereocenters. The van der Waals surface area contributed by atoms with Crippen molar-refractivity contribution in [3.05, 3.63) is 0 Å². The lowest BCUT2D eigenvalue weighted by Crippen LogP contribution is -2.74. The van der Waals surface area contributed by atoms with Gasteiger partial charge in [-0.05, 0) is 45.6 Å². The molecule has 0 bridgehead atoms. The maximum absolute atomic E-state index is 13.1. The van der Waals surface area contributed by atoms with Gasteiger partial charge < -0.3 is 19.6 Å². The molecule has 56 heavy (non-hydrogen) atoms. The lowest BCUT2D eigenvalue weighted by molar-refractivity contribution is -0.957. The summed E-state index contributed by atoms with van der Waals surface area (Å²) >= 11 is 0. The molecule has 1 N–H and O–H groups in total. The van der Waals surface area contributed by atoms with E-state index in [1.165, 1.54) is 205 Å². The number of nitrogens with one attached hydrogen (secondary N) is 1. The van der Waals surface area contributed by atoms with Crippen LogP contribution in [0.15, 0.2) is 0 Å². The molecule has 0 radical (unpaired) electrons. The summed E-state index contributed by atoms with van der Waals surface area (Å²) in [5, 5.41) is 3.61.